The van der Waals surface area contributed by atoms with Gasteiger partial charge < -0.3 is 15.2 Å². The number of anilines is 1. The van der Waals surface area contributed by atoms with Crippen LogP contribution in [-0.2, 0) is 20.7 Å². The Hall–Kier alpha value is -2.89. The Bertz CT molecular complexity index is 835. The number of ether oxygens (including phenoxy) is 2. The van der Waals surface area contributed by atoms with Gasteiger partial charge in [-0.2, -0.15) is 4.99 Å². The maximum Gasteiger partial charge on any atom is 0.434 e. The average molecular weight is 342 g/mol. The molecule has 0 unspecified atom stereocenters. The Balaban J connectivity index is 2.40. The molecule has 132 valence electrons. The lowest BCUT2D eigenvalue weighted by molar-refractivity contribution is -0.132. The summed E-state index contributed by atoms with van der Waals surface area (Å²) < 4.78 is 9.90. The van der Waals surface area contributed by atoms with Crippen molar-refractivity contribution in [2.24, 2.45) is 4.99 Å². The molecule has 0 aromatic heterocycles. The lowest BCUT2D eigenvalue weighted by atomic mass is 9.99. The molecule has 0 spiro atoms. The fraction of sp³-hybridized carbons (Fsp3) is 0.316. The average Bonchev–Trinajstić information content (AvgIpc) is 2.52. The third kappa shape index (κ3) is 4.79. The number of carbonyl (C=O) groups excluding carboxylic acids is 2. The molecule has 0 bridgehead atoms. The minimum Gasteiger partial charge on any atom is -0.465 e. The van der Waals surface area contributed by atoms with Crippen LogP contribution in [0.15, 0.2) is 41.4 Å². The summed E-state index contributed by atoms with van der Waals surface area (Å²) in [6, 6.07) is 11.2. The van der Waals surface area contributed by atoms with Crippen LogP contribution in [0.25, 0.3) is 10.8 Å². The zero-order valence-electron chi connectivity index (χ0n) is 14.8. The molecular weight excluding hydrogens is 320 g/mol. The zero-order chi connectivity index (χ0) is 18.6. The minimum atomic E-state index is -0.826. The van der Waals surface area contributed by atoms with Gasteiger partial charge in [0.2, 0.25) is 0 Å². The second kappa shape index (κ2) is 7.34. The van der Waals surface area contributed by atoms with Gasteiger partial charge in [-0.05, 0) is 37.8 Å². The first kappa shape index (κ1) is 18.4. The van der Waals surface area contributed by atoms with Crippen molar-refractivity contribution in [2.75, 3.05) is 12.8 Å². The summed E-state index contributed by atoms with van der Waals surface area (Å²) in [4.78, 5) is 27.8. The van der Waals surface area contributed by atoms with Crippen molar-refractivity contribution in [1.82, 2.24) is 0 Å². The van der Waals surface area contributed by atoms with Crippen molar-refractivity contribution < 1.29 is 19.1 Å². The molecule has 2 rings (SSSR count). The molecule has 6 heteroatoms. The molecule has 2 aromatic rings. The maximum absolute atomic E-state index is 12.0. The molecule has 0 aliphatic rings. The Kier molecular flexibility index (Phi) is 5.41. The van der Waals surface area contributed by atoms with Crippen molar-refractivity contribution in [1.29, 1.82) is 0 Å². The fourth-order valence-corrected chi connectivity index (χ4v) is 2.40. The Labute approximate surface area is 146 Å². The van der Waals surface area contributed by atoms with E-state index in [1.807, 2.05) is 36.4 Å². The summed E-state index contributed by atoms with van der Waals surface area (Å²) in [5.74, 6) is -0.674. The number of nitrogen functional groups attached to an aromatic ring is 1. The highest BCUT2D eigenvalue weighted by molar-refractivity contribution is 6.38. The van der Waals surface area contributed by atoms with E-state index in [4.69, 9.17) is 15.2 Å². The van der Waals surface area contributed by atoms with E-state index in [0.29, 0.717) is 5.69 Å². The summed E-state index contributed by atoms with van der Waals surface area (Å²) in [6.07, 6.45) is -0.695. The number of esters is 1. The van der Waals surface area contributed by atoms with E-state index >= 15 is 0 Å². The van der Waals surface area contributed by atoms with Crippen LogP contribution in [0.5, 0.6) is 0 Å². The Morgan fingerprint density at radius 1 is 1.08 bits per heavy atom. The first-order valence-corrected chi connectivity index (χ1v) is 7.86. The van der Waals surface area contributed by atoms with Gasteiger partial charge in [0, 0.05) is 17.5 Å². The normalized spacial score (nSPS) is 12.1. The molecule has 0 heterocycles. The van der Waals surface area contributed by atoms with Gasteiger partial charge in [0.25, 0.3) is 0 Å². The summed E-state index contributed by atoms with van der Waals surface area (Å²) in [7, 11) is 1.24. The van der Waals surface area contributed by atoms with E-state index in [1.54, 1.807) is 20.8 Å². The molecule has 0 atom stereocenters. The second-order valence-electron chi connectivity index (χ2n) is 6.57. The maximum atomic E-state index is 12.0. The first-order chi connectivity index (χ1) is 11.7. The molecule has 2 N–H and O–H groups in total. The zero-order valence-corrected chi connectivity index (χ0v) is 14.8. The standard InChI is InChI=1S/C19H22N2O4/c1-19(2,3)25-18(23)21-16(17(22)24-4)11-12-7-5-9-14-13(12)8-6-10-15(14)20/h5-10H,11,20H2,1-4H3/b21-16+. The van der Waals surface area contributed by atoms with Gasteiger partial charge in [-0.25, -0.2) is 9.59 Å². The lowest BCUT2D eigenvalue weighted by Gasteiger charge is -2.17. The van der Waals surface area contributed by atoms with Gasteiger partial charge in [-0.1, -0.05) is 30.3 Å². The third-order valence-electron chi connectivity index (χ3n) is 3.44. The molecule has 1 amide bonds. The topological polar surface area (TPSA) is 91.0 Å². The predicted molar refractivity (Wildman–Crippen MR) is 97.7 cm³/mol. The van der Waals surface area contributed by atoms with E-state index < -0.39 is 17.7 Å². The quantitative estimate of drug-likeness (QED) is 0.523. The number of nitrogens with zero attached hydrogens (tertiary/aromatic N) is 1. The number of aliphatic imine (C=N–C) groups is 1. The monoisotopic (exact) mass is 342 g/mol. The largest absolute Gasteiger partial charge is 0.465 e. The smallest absolute Gasteiger partial charge is 0.434 e. The van der Waals surface area contributed by atoms with E-state index in [-0.39, 0.29) is 12.1 Å². The summed E-state index contributed by atoms with van der Waals surface area (Å²) >= 11 is 0. The predicted octanol–water partition coefficient (Wildman–Crippen LogP) is 3.51. The van der Waals surface area contributed by atoms with Crippen molar-refractivity contribution >= 4 is 34.2 Å². The van der Waals surface area contributed by atoms with Crippen LogP contribution in [-0.4, -0.2) is 30.5 Å². The summed E-state index contributed by atoms with van der Waals surface area (Å²) in [5, 5.41) is 1.77. The molecular formula is C19H22N2O4. The molecule has 2 aromatic carbocycles. The highest BCUT2D eigenvalue weighted by atomic mass is 16.6. The van der Waals surface area contributed by atoms with E-state index in [1.165, 1.54) is 7.11 Å². The molecule has 0 saturated carbocycles. The van der Waals surface area contributed by atoms with E-state index in [9.17, 15) is 9.59 Å². The molecule has 25 heavy (non-hydrogen) atoms. The number of carbonyl (C=O) groups is 2. The van der Waals surface area contributed by atoms with Crippen molar-refractivity contribution in [2.45, 2.75) is 32.8 Å². The van der Waals surface area contributed by atoms with E-state index in [0.717, 1.165) is 16.3 Å². The number of hydrogen-bond donors (Lipinski definition) is 1. The van der Waals surface area contributed by atoms with Gasteiger partial charge in [0.15, 0.2) is 0 Å². The van der Waals surface area contributed by atoms with Crippen LogP contribution in [0.2, 0.25) is 0 Å². The first-order valence-electron chi connectivity index (χ1n) is 7.86. The Morgan fingerprint density at radius 2 is 1.72 bits per heavy atom. The number of hydrogen-bond acceptors (Lipinski definition) is 5. The number of methoxy groups -OCH3 is 1. The molecule has 0 aliphatic heterocycles. The van der Waals surface area contributed by atoms with E-state index in [2.05, 4.69) is 4.99 Å². The molecule has 0 saturated heterocycles. The number of nitrogens with two attached hydrogens (primary N) is 1. The SMILES string of the molecule is COC(=O)/C(Cc1cccc2c(N)cccc12)=N/C(=O)OC(C)(C)C. The number of rotatable bonds is 3. The van der Waals surface area contributed by atoms with Gasteiger partial charge >= 0.3 is 12.1 Å². The van der Waals surface area contributed by atoms with Crippen LogP contribution in [0.1, 0.15) is 26.3 Å². The fourth-order valence-electron chi connectivity index (χ4n) is 2.40. The van der Waals surface area contributed by atoms with Crippen LogP contribution in [0.4, 0.5) is 10.5 Å². The van der Waals surface area contributed by atoms with Crippen LogP contribution in [0, 0.1) is 0 Å². The van der Waals surface area contributed by atoms with Crippen molar-refractivity contribution in [3.8, 4) is 0 Å². The van der Waals surface area contributed by atoms with Gasteiger partial charge in [-0.15, -0.1) is 0 Å². The minimum absolute atomic E-state index is 0.0216. The van der Waals surface area contributed by atoms with Gasteiger partial charge in [0.05, 0.1) is 7.11 Å². The van der Waals surface area contributed by atoms with Crippen LogP contribution >= 0.6 is 0 Å². The van der Waals surface area contributed by atoms with Crippen LogP contribution in [0.3, 0.4) is 0 Å². The van der Waals surface area contributed by atoms with Crippen molar-refractivity contribution in [3.05, 3.63) is 42.0 Å². The number of benzene rings is 2. The summed E-state index contributed by atoms with van der Waals surface area (Å²) in [6.45, 7) is 5.18. The van der Waals surface area contributed by atoms with Crippen LogP contribution < -0.4 is 5.73 Å². The van der Waals surface area contributed by atoms with Crippen molar-refractivity contribution in [3.63, 3.8) is 0 Å². The highest BCUT2D eigenvalue weighted by Gasteiger charge is 2.20. The molecule has 6 nitrogen and oxygen atoms in total. The highest BCUT2D eigenvalue weighted by Crippen LogP contribution is 2.24. The molecule has 0 aliphatic carbocycles. The molecule has 0 radical (unpaired) electrons. The van der Waals surface area contributed by atoms with Gasteiger partial charge in [-0.3, -0.25) is 0 Å². The summed E-state index contributed by atoms with van der Waals surface area (Å²) in [5.41, 5.74) is 6.73. The van der Waals surface area contributed by atoms with Gasteiger partial charge in [0.1, 0.15) is 11.3 Å². The second-order valence-corrected chi connectivity index (χ2v) is 6.57. The Morgan fingerprint density at radius 3 is 2.36 bits per heavy atom. The lowest BCUT2D eigenvalue weighted by Crippen LogP contribution is -2.25. The number of amides is 1. The molecule has 0 fully saturated rings. The third-order valence-corrected chi connectivity index (χ3v) is 3.44. The number of fused-ring (bicyclic) bond motifs is 1.